The summed E-state index contributed by atoms with van der Waals surface area (Å²) in [6, 6.07) is 4.27. The van der Waals surface area contributed by atoms with Crippen molar-refractivity contribution in [2.45, 2.75) is 0 Å². The highest BCUT2D eigenvalue weighted by molar-refractivity contribution is 7.13. The van der Waals surface area contributed by atoms with Crippen LogP contribution in [-0.2, 0) is 7.05 Å². The average Bonchev–Trinajstić information content (AvgIpc) is 2.33. The minimum atomic E-state index is 1.34. The molecule has 2 heterocycles. The third kappa shape index (κ3) is 0.809. The van der Waals surface area contributed by atoms with Crippen molar-refractivity contribution in [3.8, 4) is 10.4 Å². The molecule has 10 heavy (non-hydrogen) atoms. The summed E-state index contributed by atoms with van der Waals surface area (Å²) in [6.45, 7) is 0. The van der Waals surface area contributed by atoms with Crippen LogP contribution in [0.25, 0.3) is 10.4 Å². The van der Waals surface area contributed by atoms with Gasteiger partial charge in [-0.15, -0.1) is 0 Å². The molecule has 0 saturated carbocycles. The van der Waals surface area contributed by atoms with Gasteiger partial charge in [0.25, 0.3) is 4.88 Å². The van der Waals surface area contributed by atoms with Crippen molar-refractivity contribution in [1.82, 2.24) is 4.57 Å². The Morgan fingerprint density at radius 2 is 2.30 bits per heavy atom. The third-order valence-corrected chi connectivity index (χ3v) is 2.40. The van der Waals surface area contributed by atoms with Crippen LogP contribution >= 0.6 is 11.3 Å². The number of hydrogen-bond acceptors (Lipinski definition) is 0. The van der Waals surface area contributed by atoms with Gasteiger partial charge in [0.05, 0.1) is 6.20 Å². The van der Waals surface area contributed by atoms with E-state index in [1.165, 1.54) is 10.4 Å². The van der Waals surface area contributed by atoms with Gasteiger partial charge in [0.15, 0.2) is 5.38 Å². The van der Waals surface area contributed by atoms with E-state index >= 15 is 0 Å². The van der Waals surface area contributed by atoms with E-state index in [2.05, 4.69) is 34.5 Å². The first-order chi connectivity index (χ1) is 4.86. The van der Waals surface area contributed by atoms with Crippen LogP contribution in [0.15, 0.2) is 29.9 Å². The average molecular weight is 150 g/mol. The Labute approximate surface area is 63.9 Å². The monoisotopic (exact) mass is 150 g/mol. The van der Waals surface area contributed by atoms with E-state index in [0.717, 1.165) is 0 Å². The maximum atomic E-state index is 2.14. The quantitative estimate of drug-likeness (QED) is 0.508. The van der Waals surface area contributed by atoms with Gasteiger partial charge in [0.2, 0.25) is 11.3 Å². The van der Waals surface area contributed by atoms with Gasteiger partial charge in [0.1, 0.15) is 0 Å². The molecule has 0 radical (unpaired) electrons. The Morgan fingerprint density at radius 3 is 3.20 bits per heavy atom. The lowest BCUT2D eigenvalue weighted by atomic mass is 10.2. The second-order valence-corrected chi connectivity index (χ2v) is 3.30. The zero-order chi connectivity index (χ0) is 6.97. The molecule has 0 spiro atoms. The fraction of sp³-hybridized carbons (Fsp3) is 0.125. The van der Waals surface area contributed by atoms with Gasteiger partial charge in [0, 0.05) is 24.9 Å². The van der Waals surface area contributed by atoms with E-state index < -0.39 is 0 Å². The molecule has 1 nitrogen and oxygen atoms in total. The molecule has 2 aliphatic rings. The second kappa shape index (κ2) is 2.06. The smallest absolute Gasteiger partial charge is 0.254 e. The Hall–Kier alpha value is -0.890. The molecule has 0 aromatic heterocycles. The topological polar surface area (TPSA) is 4.93 Å². The molecule has 0 saturated heterocycles. The molecule has 2 heteroatoms. The number of aromatic nitrogens is 1. The predicted molar refractivity (Wildman–Crippen MR) is 44.3 cm³/mol. The Bertz CT molecular complexity index is 313. The van der Waals surface area contributed by atoms with Crippen LogP contribution in [-0.4, -0.2) is 4.57 Å². The minimum absolute atomic E-state index is 1.34. The van der Waals surface area contributed by atoms with E-state index in [-0.39, 0.29) is 0 Å². The van der Waals surface area contributed by atoms with Gasteiger partial charge in [-0.25, -0.2) is 0 Å². The second-order valence-electron chi connectivity index (χ2n) is 2.35. The Balaban J connectivity index is 2.75. The van der Waals surface area contributed by atoms with Crippen molar-refractivity contribution < 1.29 is 0 Å². The molecule has 0 aromatic rings. The largest absolute Gasteiger partial charge is 0.352 e. The first kappa shape index (κ1) is 5.86. The summed E-state index contributed by atoms with van der Waals surface area (Å²) in [7, 11) is 2.04. The van der Waals surface area contributed by atoms with Crippen LogP contribution in [0.3, 0.4) is 0 Å². The molecule has 2 aliphatic heterocycles. The SMILES string of the molecule is Cn1ccc2cc[s+]c-2c1. The van der Waals surface area contributed by atoms with Crippen molar-refractivity contribution >= 4 is 11.3 Å². The summed E-state index contributed by atoms with van der Waals surface area (Å²) in [4.78, 5) is 1.35. The van der Waals surface area contributed by atoms with Gasteiger partial charge >= 0.3 is 0 Å². The highest BCUT2D eigenvalue weighted by Gasteiger charge is 2.11. The molecular weight excluding hydrogens is 142 g/mol. The third-order valence-electron chi connectivity index (χ3n) is 1.54. The predicted octanol–water partition coefficient (Wildman–Crippen LogP) is 2.47. The van der Waals surface area contributed by atoms with Gasteiger partial charge in [-0.3, -0.25) is 0 Å². The molecule has 0 bridgehead atoms. The van der Waals surface area contributed by atoms with Crippen LogP contribution in [0, 0.1) is 0 Å². The molecule has 0 fully saturated rings. The fourth-order valence-electron chi connectivity index (χ4n) is 0.999. The van der Waals surface area contributed by atoms with Gasteiger partial charge < -0.3 is 4.57 Å². The summed E-state index contributed by atoms with van der Waals surface area (Å²) in [5.74, 6) is 0. The number of fused-ring (bicyclic) bond motifs is 1. The Morgan fingerprint density at radius 1 is 1.40 bits per heavy atom. The lowest BCUT2D eigenvalue weighted by molar-refractivity contribution is 0.908. The van der Waals surface area contributed by atoms with Crippen molar-refractivity contribution in [1.29, 1.82) is 0 Å². The van der Waals surface area contributed by atoms with Gasteiger partial charge in [-0.2, -0.15) is 0 Å². The fourth-order valence-corrected chi connectivity index (χ4v) is 1.86. The maximum absolute atomic E-state index is 2.14. The molecule has 0 unspecified atom stereocenters. The number of nitrogens with zero attached hydrogens (tertiary/aromatic N) is 1. The molecule has 0 aliphatic carbocycles. The van der Waals surface area contributed by atoms with E-state index in [4.69, 9.17) is 0 Å². The van der Waals surface area contributed by atoms with E-state index in [1.54, 1.807) is 11.3 Å². The highest BCUT2D eigenvalue weighted by atomic mass is 32.1. The number of thiophene rings is 1. The minimum Gasteiger partial charge on any atom is -0.352 e. The zero-order valence-electron chi connectivity index (χ0n) is 5.74. The summed E-state index contributed by atoms with van der Waals surface area (Å²) < 4.78 is 2.07. The van der Waals surface area contributed by atoms with Crippen LogP contribution in [0.5, 0.6) is 0 Å². The van der Waals surface area contributed by atoms with Crippen LogP contribution in [0.1, 0.15) is 0 Å². The van der Waals surface area contributed by atoms with Crippen molar-refractivity contribution in [2.24, 2.45) is 7.05 Å². The molecule has 0 amide bonds. The standard InChI is InChI=1S/C8H8NS/c1-9-4-2-7-3-5-10-8(7)6-9/h2-6H,1H3/q+1. The molecule has 0 atom stereocenters. The van der Waals surface area contributed by atoms with Crippen LogP contribution in [0.4, 0.5) is 0 Å². The number of hydrogen-bond donors (Lipinski definition) is 0. The molecule has 0 N–H and O–H groups in total. The van der Waals surface area contributed by atoms with Crippen LogP contribution < -0.4 is 0 Å². The van der Waals surface area contributed by atoms with E-state index in [0.29, 0.717) is 0 Å². The van der Waals surface area contributed by atoms with E-state index in [1.807, 2.05) is 7.05 Å². The van der Waals surface area contributed by atoms with Gasteiger partial charge in [-0.05, 0) is 6.07 Å². The van der Waals surface area contributed by atoms with Crippen molar-refractivity contribution in [3.63, 3.8) is 0 Å². The lowest BCUT2D eigenvalue weighted by Crippen LogP contribution is -1.87. The molecular formula is C8H8NS+. The van der Waals surface area contributed by atoms with Crippen molar-refractivity contribution in [2.75, 3.05) is 0 Å². The van der Waals surface area contributed by atoms with Crippen LogP contribution in [0.2, 0.25) is 0 Å². The summed E-state index contributed by atoms with van der Waals surface area (Å²) in [6.07, 6.45) is 4.20. The van der Waals surface area contributed by atoms with Gasteiger partial charge in [-0.1, -0.05) is 0 Å². The number of rotatable bonds is 0. The summed E-state index contributed by atoms with van der Waals surface area (Å²) in [5.41, 5.74) is 1.34. The normalized spacial score (nSPS) is 10.5. The van der Waals surface area contributed by atoms with Crippen molar-refractivity contribution in [3.05, 3.63) is 29.9 Å². The number of aryl methyl sites for hydroxylation is 1. The van der Waals surface area contributed by atoms with E-state index in [9.17, 15) is 0 Å². The first-order valence-corrected chi connectivity index (χ1v) is 4.07. The lowest BCUT2D eigenvalue weighted by Gasteiger charge is -1.94. The summed E-state index contributed by atoms with van der Waals surface area (Å²) in [5, 5.41) is 2.12. The number of pyridine rings is 1. The molecule has 2 rings (SSSR count). The highest BCUT2D eigenvalue weighted by Crippen LogP contribution is 2.26. The molecule has 50 valence electrons. The first-order valence-electron chi connectivity index (χ1n) is 3.19. The Kier molecular flexibility index (Phi) is 1.21. The summed E-state index contributed by atoms with van der Waals surface area (Å²) >= 11 is 1.78. The zero-order valence-corrected chi connectivity index (χ0v) is 6.56. The molecule has 0 aromatic carbocycles. The maximum Gasteiger partial charge on any atom is 0.254 e.